The molecule has 1 aromatic carbocycles. The van der Waals surface area contributed by atoms with E-state index in [1.54, 1.807) is 19.2 Å². The van der Waals surface area contributed by atoms with Crippen LogP contribution < -0.4 is 5.32 Å². The second kappa shape index (κ2) is 5.34. The number of nitrogens with one attached hydrogen (secondary N) is 1. The molecule has 0 heterocycles. The van der Waals surface area contributed by atoms with E-state index in [9.17, 15) is 31.1 Å². The molecule has 1 rings (SSSR count). The Balaban J connectivity index is 3.00. The van der Waals surface area contributed by atoms with E-state index in [-0.39, 0.29) is 5.69 Å². The van der Waals surface area contributed by atoms with Crippen LogP contribution in [0.4, 0.5) is 32.0 Å². The monoisotopic (exact) mass is 299 g/mol. The lowest BCUT2D eigenvalue weighted by Crippen LogP contribution is -2.45. The summed E-state index contributed by atoms with van der Waals surface area (Å²) in [5.41, 5.74) is 1.32. The van der Waals surface area contributed by atoms with Gasteiger partial charge in [0, 0.05) is 5.69 Å². The van der Waals surface area contributed by atoms with Crippen molar-refractivity contribution in [1.82, 2.24) is 0 Å². The van der Waals surface area contributed by atoms with Crippen molar-refractivity contribution < 1.29 is 31.1 Å². The molecule has 0 spiro atoms. The number of rotatable bonds is 2. The van der Waals surface area contributed by atoms with E-state index in [0.717, 1.165) is 5.56 Å². The van der Waals surface area contributed by atoms with E-state index >= 15 is 0 Å². The van der Waals surface area contributed by atoms with Crippen LogP contribution in [0.2, 0.25) is 0 Å². The Morgan fingerprint density at radius 2 is 1.50 bits per heavy atom. The average Bonchev–Trinajstić information content (AvgIpc) is 2.18. The summed E-state index contributed by atoms with van der Waals surface area (Å²) < 4.78 is 74.0. The van der Waals surface area contributed by atoms with Crippen LogP contribution in [-0.2, 0) is 4.79 Å². The van der Waals surface area contributed by atoms with Gasteiger partial charge in [-0.15, -0.1) is 0 Å². The number of hydrogen-bond donors (Lipinski definition) is 1. The first-order chi connectivity index (χ1) is 8.93. The van der Waals surface area contributed by atoms with Crippen LogP contribution in [-0.4, -0.2) is 18.3 Å². The minimum absolute atomic E-state index is 0.114. The number of hydrogen-bond acceptors (Lipinski definition) is 1. The van der Waals surface area contributed by atoms with Gasteiger partial charge in [0.15, 0.2) is 0 Å². The zero-order valence-electron chi connectivity index (χ0n) is 10.5. The lowest BCUT2D eigenvalue weighted by molar-refractivity contribution is -0.272. The van der Waals surface area contributed by atoms with Gasteiger partial charge in [0.05, 0.1) is 0 Å². The van der Waals surface area contributed by atoms with Crippen LogP contribution >= 0.6 is 0 Å². The van der Waals surface area contributed by atoms with E-state index in [1.165, 1.54) is 18.2 Å². The van der Waals surface area contributed by atoms with E-state index in [2.05, 4.69) is 0 Å². The predicted octanol–water partition coefficient (Wildman–Crippen LogP) is 3.98. The van der Waals surface area contributed by atoms with Crippen molar-refractivity contribution in [2.75, 3.05) is 5.32 Å². The molecule has 1 amide bonds. The van der Waals surface area contributed by atoms with Crippen molar-refractivity contribution in [3.05, 3.63) is 29.3 Å². The molecule has 0 aliphatic heterocycles. The molecule has 0 saturated heterocycles. The molecular weight excluding hydrogens is 288 g/mol. The second-order valence-corrected chi connectivity index (χ2v) is 4.30. The first-order valence-corrected chi connectivity index (χ1v) is 5.44. The van der Waals surface area contributed by atoms with Crippen LogP contribution in [0.25, 0.3) is 0 Å². The van der Waals surface area contributed by atoms with Crippen molar-refractivity contribution >= 4 is 11.6 Å². The van der Waals surface area contributed by atoms with E-state index < -0.39 is 24.2 Å². The second-order valence-electron chi connectivity index (χ2n) is 4.30. The van der Waals surface area contributed by atoms with Crippen LogP contribution in [0.15, 0.2) is 18.2 Å². The summed E-state index contributed by atoms with van der Waals surface area (Å²) in [6, 6.07) is 4.03. The highest BCUT2D eigenvalue weighted by molar-refractivity contribution is 5.93. The SMILES string of the molecule is Cc1ccc(NC(=O)C(C(F)(F)F)C(F)(F)F)cc1C. The van der Waals surface area contributed by atoms with E-state index in [4.69, 9.17) is 0 Å². The van der Waals surface area contributed by atoms with Crippen molar-refractivity contribution in [3.63, 3.8) is 0 Å². The highest BCUT2D eigenvalue weighted by atomic mass is 19.4. The third kappa shape index (κ3) is 3.88. The average molecular weight is 299 g/mol. The third-order valence-electron chi connectivity index (χ3n) is 2.69. The predicted molar refractivity (Wildman–Crippen MR) is 60.1 cm³/mol. The normalized spacial score (nSPS) is 12.7. The van der Waals surface area contributed by atoms with Crippen LogP contribution in [0.5, 0.6) is 0 Å². The molecule has 0 unspecified atom stereocenters. The van der Waals surface area contributed by atoms with Gasteiger partial charge in [0.1, 0.15) is 0 Å². The lowest BCUT2D eigenvalue weighted by atomic mass is 10.1. The topological polar surface area (TPSA) is 29.1 Å². The van der Waals surface area contributed by atoms with Gasteiger partial charge in [0.2, 0.25) is 11.8 Å². The van der Waals surface area contributed by atoms with Crippen LogP contribution in [0.3, 0.4) is 0 Å². The summed E-state index contributed by atoms with van der Waals surface area (Å²) in [4.78, 5) is 11.3. The number of carbonyl (C=O) groups is 1. The number of amides is 1. The van der Waals surface area contributed by atoms with Crippen LogP contribution in [0, 0.1) is 19.8 Å². The van der Waals surface area contributed by atoms with Gasteiger partial charge in [-0.2, -0.15) is 26.3 Å². The minimum Gasteiger partial charge on any atom is -0.325 e. The minimum atomic E-state index is -5.69. The highest BCUT2D eigenvalue weighted by Crippen LogP contribution is 2.39. The largest absolute Gasteiger partial charge is 0.409 e. The standard InChI is InChI=1S/C12H11F6NO/c1-6-3-4-8(5-7(6)2)19-10(20)9(11(13,14)15)12(16,17)18/h3-5,9H,1-2H3,(H,19,20). The molecule has 1 N–H and O–H groups in total. The summed E-state index contributed by atoms with van der Waals surface area (Å²) in [6.45, 7) is 3.34. The molecule has 0 aromatic heterocycles. The number of anilines is 1. The quantitative estimate of drug-likeness (QED) is 0.822. The Morgan fingerprint density at radius 1 is 1.00 bits per heavy atom. The van der Waals surface area contributed by atoms with Gasteiger partial charge < -0.3 is 5.32 Å². The van der Waals surface area contributed by atoms with Gasteiger partial charge in [0.25, 0.3) is 0 Å². The molecule has 2 nitrogen and oxygen atoms in total. The summed E-state index contributed by atoms with van der Waals surface area (Å²) in [5, 5.41) is 1.64. The maximum absolute atomic E-state index is 12.3. The van der Waals surface area contributed by atoms with Crippen LogP contribution in [0.1, 0.15) is 11.1 Å². The zero-order valence-corrected chi connectivity index (χ0v) is 10.5. The maximum atomic E-state index is 12.3. The number of carbonyl (C=O) groups excluding carboxylic acids is 1. The molecule has 112 valence electrons. The summed E-state index contributed by atoms with van der Waals surface area (Å²) >= 11 is 0. The Morgan fingerprint density at radius 3 is 1.90 bits per heavy atom. The molecule has 8 heteroatoms. The molecule has 0 atom stereocenters. The third-order valence-corrected chi connectivity index (χ3v) is 2.69. The zero-order chi connectivity index (χ0) is 15.7. The fourth-order valence-corrected chi connectivity index (χ4v) is 1.52. The first kappa shape index (κ1) is 16.3. The summed E-state index contributed by atoms with van der Waals surface area (Å²) in [5.74, 6) is -6.19. The van der Waals surface area contributed by atoms with Gasteiger partial charge in [-0.25, -0.2) is 0 Å². The van der Waals surface area contributed by atoms with Gasteiger partial charge in [-0.05, 0) is 37.1 Å². The molecule has 0 aliphatic carbocycles. The molecule has 20 heavy (non-hydrogen) atoms. The molecule has 0 fully saturated rings. The maximum Gasteiger partial charge on any atom is 0.409 e. The summed E-state index contributed by atoms with van der Waals surface area (Å²) in [7, 11) is 0. The van der Waals surface area contributed by atoms with Crippen molar-refractivity contribution in [1.29, 1.82) is 0 Å². The fraction of sp³-hybridized carbons (Fsp3) is 0.417. The number of alkyl halides is 6. The van der Waals surface area contributed by atoms with Crippen molar-refractivity contribution in [2.45, 2.75) is 26.2 Å². The number of halogens is 6. The molecular formula is C12H11F6NO. The number of benzene rings is 1. The Labute approximate surface area is 110 Å². The van der Waals surface area contributed by atoms with Gasteiger partial charge in [-0.1, -0.05) is 6.07 Å². The van der Waals surface area contributed by atoms with Gasteiger partial charge in [-0.3, -0.25) is 4.79 Å². The smallest absolute Gasteiger partial charge is 0.325 e. The summed E-state index contributed by atoms with van der Waals surface area (Å²) in [6.07, 6.45) is -11.4. The molecule has 0 radical (unpaired) electrons. The first-order valence-electron chi connectivity index (χ1n) is 5.44. The lowest BCUT2D eigenvalue weighted by Gasteiger charge is -2.22. The highest BCUT2D eigenvalue weighted by Gasteiger charge is 2.61. The Kier molecular flexibility index (Phi) is 4.36. The molecule has 0 aliphatic rings. The molecule has 0 bridgehead atoms. The van der Waals surface area contributed by atoms with Crippen molar-refractivity contribution in [2.24, 2.45) is 5.92 Å². The fourth-order valence-electron chi connectivity index (χ4n) is 1.52. The Hall–Kier alpha value is -1.73. The van der Waals surface area contributed by atoms with E-state index in [1.807, 2.05) is 0 Å². The van der Waals surface area contributed by atoms with Crippen molar-refractivity contribution in [3.8, 4) is 0 Å². The Bertz CT molecular complexity index is 492. The molecule has 1 aromatic rings. The van der Waals surface area contributed by atoms with Gasteiger partial charge >= 0.3 is 12.4 Å². The number of aryl methyl sites for hydroxylation is 2. The molecule has 0 saturated carbocycles. The van der Waals surface area contributed by atoms with E-state index in [0.29, 0.717) is 5.56 Å².